The van der Waals surface area contributed by atoms with E-state index in [1.54, 1.807) is 0 Å². The number of ether oxygens (including phenoxy) is 1. The molecule has 4 heteroatoms. The van der Waals surface area contributed by atoms with Crippen molar-refractivity contribution in [1.29, 1.82) is 5.26 Å². The average molecular weight is 211 g/mol. The lowest BCUT2D eigenvalue weighted by Crippen LogP contribution is -2.51. The van der Waals surface area contributed by atoms with Crippen LogP contribution in [0.1, 0.15) is 20.3 Å². The van der Waals surface area contributed by atoms with Crippen LogP contribution in [0.25, 0.3) is 0 Å². The Morgan fingerprint density at radius 2 is 2.40 bits per heavy atom. The molecule has 0 aromatic carbocycles. The maximum absolute atomic E-state index is 9.14. The smallest absolute Gasteiger partial charge is 0.116 e. The summed E-state index contributed by atoms with van der Waals surface area (Å²) < 4.78 is 5.34. The molecule has 0 saturated carbocycles. The molecule has 4 nitrogen and oxygen atoms in total. The summed E-state index contributed by atoms with van der Waals surface area (Å²) in [6.45, 7) is 7.17. The van der Waals surface area contributed by atoms with E-state index < -0.39 is 5.54 Å². The first-order chi connectivity index (χ1) is 7.11. The van der Waals surface area contributed by atoms with Gasteiger partial charge in [-0.05, 0) is 26.9 Å². The quantitative estimate of drug-likeness (QED) is 0.723. The fraction of sp³-hybridized carbons (Fsp3) is 0.909. The van der Waals surface area contributed by atoms with Crippen molar-refractivity contribution < 1.29 is 4.74 Å². The van der Waals surface area contributed by atoms with Crippen molar-refractivity contribution in [3.05, 3.63) is 0 Å². The zero-order chi connectivity index (χ0) is 11.3. The highest BCUT2D eigenvalue weighted by Gasteiger charge is 2.29. The molecule has 1 fully saturated rings. The lowest BCUT2D eigenvalue weighted by Gasteiger charge is -2.31. The van der Waals surface area contributed by atoms with Crippen molar-refractivity contribution in [1.82, 2.24) is 10.2 Å². The van der Waals surface area contributed by atoms with Crippen LogP contribution in [-0.2, 0) is 4.74 Å². The molecule has 1 rings (SSSR count). The van der Waals surface area contributed by atoms with Crippen LogP contribution in [0, 0.1) is 11.3 Å². The molecule has 2 unspecified atom stereocenters. The highest BCUT2D eigenvalue weighted by atomic mass is 16.5. The summed E-state index contributed by atoms with van der Waals surface area (Å²) in [4.78, 5) is 2.22. The van der Waals surface area contributed by atoms with Gasteiger partial charge >= 0.3 is 0 Å². The molecular weight excluding hydrogens is 190 g/mol. The molecule has 1 aliphatic heterocycles. The summed E-state index contributed by atoms with van der Waals surface area (Å²) >= 11 is 0. The molecule has 0 radical (unpaired) electrons. The zero-order valence-corrected chi connectivity index (χ0v) is 9.92. The van der Waals surface area contributed by atoms with E-state index in [0.29, 0.717) is 6.04 Å². The van der Waals surface area contributed by atoms with Crippen LogP contribution >= 0.6 is 0 Å². The lowest BCUT2D eigenvalue weighted by atomic mass is 10.0. The largest absolute Gasteiger partial charge is 0.380 e. The van der Waals surface area contributed by atoms with Crippen molar-refractivity contribution in [2.75, 3.05) is 33.4 Å². The van der Waals surface area contributed by atoms with E-state index in [2.05, 4.69) is 23.3 Å². The molecule has 1 saturated heterocycles. The van der Waals surface area contributed by atoms with Gasteiger partial charge in [-0.2, -0.15) is 5.26 Å². The van der Waals surface area contributed by atoms with E-state index in [9.17, 15) is 0 Å². The summed E-state index contributed by atoms with van der Waals surface area (Å²) in [6.07, 6.45) is 1.07. The molecule has 0 amide bonds. The van der Waals surface area contributed by atoms with Gasteiger partial charge in [-0.15, -0.1) is 0 Å². The van der Waals surface area contributed by atoms with Gasteiger partial charge in [0, 0.05) is 19.2 Å². The fourth-order valence-corrected chi connectivity index (χ4v) is 2.02. The second-order valence-corrected chi connectivity index (χ2v) is 4.41. The molecule has 1 aliphatic rings. The van der Waals surface area contributed by atoms with Gasteiger partial charge in [0.2, 0.25) is 0 Å². The van der Waals surface area contributed by atoms with Gasteiger partial charge in [0.1, 0.15) is 5.54 Å². The van der Waals surface area contributed by atoms with Gasteiger partial charge in [0.25, 0.3) is 0 Å². The molecule has 0 spiro atoms. The molecule has 2 atom stereocenters. The van der Waals surface area contributed by atoms with Gasteiger partial charge in [-0.3, -0.25) is 10.2 Å². The minimum atomic E-state index is -0.452. The van der Waals surface area contributed by atoms with Gasteiger partial charge in [-0.25, -0.2) is 0 Å². The lowest BCUT2D eigenvalue weighted by molar-refractivity contribution is 0.147. The van der Waals surface area contributed by atoms with Gasteiger partial charge in [0.15, 0.2) is 0 Å². The predicted molar refractivity (Wildman–Crippen MR) is 59.5 cm³/mol. The van der Waals surface area contributed by atoms with Crippen LogP contribution in [-0.4, -0.2) is 49.8 Å². The number of likely N-dealkylation sites (N-methyl/N-ethyl adjacent to an activating group) is 2. The number of hydrogen-bond donors (Lipinski definition) is 1. The van der Waals surface area contributed by atoms with Crippen molar-refractivity contribution in [3.63, 3.8) is 0 Å². The van der Waals surface area contributed by atoms with Crippen LogP contribution in [0.3, 0.4) is 0 Å². The summed E-state index contributed by atoms with van der Waals surface area (Å²) in [5.41, 5.74) is -0.452. The van der Waals surface area contributed by atoms with Gasteiger partial charge < -0.3 is 4.74 Å². The van der Waals surface area contributed by atoms with Crippen LogP contribution in [0.5, 0.6) is 0 Å². The Kier molecular flexibility index (Phi) is 4.52. The second-order valence-electron chi connectivity index (χ2n) is 4.41. The molecule has 0 aromatic rings. The minimum Gasteiger partial charge on any atom is -0.380 e. The summed E-state index contributed by atoms with van der Waals surface area (Å²) in [5.74, 6) is 0. The molecule has 86 valence electrons. The predicted octanol–water partition coefficient (Wildman–Crippen LogP) is 0.599. The monoisotopic (exact) mass is 211 g/mol. The Morgan fingerprint density at radius 3 is 2.87 bits per heavy atom. The summed E-state index contributed by atoms with van der Waals surface area (Å²) in [5, 5.41) is 12.4. The minimum absolute atomic E-state index is 0.452. The molecule has 0 aliphatic carbocycles. The van der Waals surface area contributed by atoms with E-state index in [1.807, 2.05) is 13.8 Å². The van der Waals surface area contributed by atoms with E-state index in [-0.39, 0.29) is 0 Å². The number of nitriles is 1. The Labute approximate surface area is 92.2 Å². The molecule has 1 N–H and O–H groups in total. The Bertz CT molecular complexity index is 232. The molecule has 1 heterocycles. The third-order valence-corrected chi connectivity index (χ3v) is 2.91. The topological polar surface area (TPSA) is 48.3 Å². The summed E-state index contributed by atoms with van der Waals surface area (Å²) in [6, 6.07) is 2.81. The Hall–Kier alpha value is -0.630. The van der Waals surface area contributed by atoms with Crippen LogP contribution in [0.2, 0.25) is 0 Å². The van der Waals surface area contributed by atoms with E-state index in [4.69, 9.17) is 10.00 Å². The summed E-state index contributed by atoms with van der Waals surface area (Å²) in [7, 11) is 2.06. The highest BCUT2D eigenvalue weighted by Crippen LogP contribution is 2.13. The Morgan fingerprint density at radius 1 is 1.67 bits per heavy atom. The SMILES string of the molecule is CCNC(C)(C#N)CN(C)C1CCOC1. The van der Waals surface area contributed by atoms with Crippen molar-refractivity contribution in [3.8, 4) is 6.07 Å². The molecule has 0 aromatic heterocycles. The first-order valence-electron chi connectivity index (χ1n) is 5.55. The fourth-order valence-electron chi connectivity index (χ4n) is 2.02. The van der Waals surface area contributed by atoms with Crippen molar-refractivity contribution >= 4 is 0 Å². The van der Waals surface area contributed by atoms with Crippen molar-refractivity contribution in [2.24, 2.45) is 0 Å². The highest BCUT2D eigenvalue weighted by molar-refractivity contribution is 5.05. The van der Waals surface area contributed by atoms with E-state index in [0.717, 1.165) is 32.7 Å². The third-order valence-electron chi connectivity index (χ3n) is 2.91. The van der Waals surface area contributed by atoms with E-state index in [1.165, 1.54) is 0 Å². The number of nitrogens with one attached hydrogen (secondary N) is 1. The Balaban J connectivity index is 2.47. The van der Waals surface area contributed by atoms with Crippen LogP contribution in [0.4, 0.5) is 0 Å². The first kappa shape index (κ1) is 12.4. The normalized spacial score (nSPS) is 25.1. The van der Waals surface area contributed by atoms with Crippen LogP contribution in [0.15, 0.2) is 0 Å². The number of rotatable bonds is 5. The number of nitrogens with zero attached hydrogens (tertiary/aromatic N) is 2. The maximum Gasteiger partial charge on any atom is 0.116 e. The average Bonchev–Trinajstić information content (AvgIpc) is 2.71. The maximum atomic E-state index is 9.14. The third kappa shape index (κ3) is 3.45. The molecular formula is C11H21N3O. The first-order valence-corrected chi connectivity index (χ1v) is 5.55. The molecule has 0 bridgehead atoms. The van der Waals surface area contributed by atoms with Gasteiger partial charge in [-0.1, -0.05) is 6.92 Å². The number of hydrogen-bond acceptors (Lipinski definition) is 4. The second kappa shape index (κ2) is 5.45. The van der Waals surface area contributed by atoms with Gasteiger partial charge in [0.05, 0.1) is 12.7 Å². The van der Waals surface area contributed by atoms with Crippen molar-refractivity contribution in [2.45, 2.75) is 31.8 Å². The standard InChI is InChI=1S/C11H21N3O/c1-4-13-11(2,8-12)9-14(3)10-5-6-15-7-10/h10,13H,4-7,9H2,1-3H3. The zero-order valence-electron chi connectivity index (χ0n) is 9.92. The van der Waals surface area contributed by atoms with E-state index >= 15 is 0 Å². The van der Waals surface area contributed by atoms with Crippen LogP contribution < -0.4 is 5.32 Å². The molecule has 15 heavy (non-hydrogen) atoms.